The van der Waals surface area contributed by atoms with Crippen LogP contribution >= 0.6 is 0 Å². The van der Waals surface area contributed by atoms with Crippen LogP contribution in [0.1, 0.15) is 46.3 Å². The number of aliphatic hydroxyl groups is 1. The van der Waals surface area contributed by atoms with Crippen LogP contribution in [0.15, 0.2) is 24.3 Å². The van der Waals surface area contributed by atoms with Gasteiger partial charge in [-0.05, 0) is 37.0 Å². The molecule has 1 aromatic carbocycles. The van der Waals surface area contributed by atoms with E-state index in [0.29, 0.717) is 0 Å². The molecule has 2 heteroatoms. The predicted molar refractivity (Wildman–Crippen MR) is 66.6 cm³/mol. The summed E-state index contributed by atoms with van der Waals surface area (Å²) in [4.78, 5) is 0. The number of hydrogen-bond acceptors (Lipinski definition) is 2. The van der Waals surface area contributed by atoms with Crippen molar-refractivity contribution in [1.82, 2.24) is 0 Å². The van der Waals surface area contributed by atoms with Gasteiger partial charge in [0, 0.05) is 0 Å². The maximum Gasteiger partial charge on any atom is 0.119 e. The Morgan fingerprint density at radius 3 is 1.94 bits per heavy atom. The number of rotatable bonds is 3. The molecule has 1 aromatic rings. The minimum Gasteiger partial charge on any atom is -0.491 e. The summed E-state index contributed by atoms with van der Waals surface area (Å²) in [7, 11) is 0. The van der Waals surface area contributed by atoms with Gasteiger partial charge in [0.25, 0.3) is 0 Å². The van der Waals surface area contributed by atoms with Crippen molar-refractivity contribution in [2.45, 2.75) is 46.8 Å². The van der Waals surface area contributed by atoms with E-state index in [4.69, 9.17) is 4.74 Å². The fourth-order valence-corrected chi connectivity index (χ4v) is 1.50. The molecular weight excluding hydrogens is 200 g/mol. The molecule has 16 heavy (non-hydrogen) atoms. The molecule has 0 aliphatic rings. The van der Waals surface area contributed by atoms with Gasteiger partial charge in [0.1, 0.15) is 5.75 Å². The van der Waals surface area contributed by atoms with Crippen LogP contribution in [-0.4, -0.2) is 11.2 Å². The van der Waals surface area contributed by atoms with Crippen LogP contribution in [0.3, 0.4) is 0 Å². The van der Waals surface area contributed by atoms with Crippen molar-refractivity contribution in [2.75, 3.05) is 0 Å². The van der Waals surface area contributed by atoms with E-state index in [1.807, 2.05) is 58.9 Å². The lowest BCUT2D eigenvalue weighted by Crippen LogP contribution is -2.17. The topological polar surface area (TPSA) is 29.5 Å². The lowest BCUT2D eigenvalue weighted by atomic mass is 9.85. The minimum atomic E-state index is -0.444. The minimum absolute atomic E-state index is 0.138. The van der Waals surface area contributed by atoms with E-state index in [2.05, 4.69) is 0 Å². The predicted octanol–water partition coefficient (Wildman–Crippen LogP) is 3.55. The third-order valence-corrected chi connectivity index (χ3v) is 2.39. The average molecular weight is 222 g/mol. The van der Waals surface area contributed by atoms with Crippen molar-refractivity contribution in [3.05, 3.63) is 29.8 Å². The first-order valence-electron chi connectivity index (χ1n) is 5.75. The molecule has 1 rings (SSSR count). The molecule has 90 valence electrons. The number of ether oxygens (including phenoxy) is 1. The molecule has 0 aromatic heterocycles. The van der Waals surface area contributed by atoms with Gasteiger partial charge in [-0.3, -0.25) is 0 Å². The molecule has 0 radical (unpaired) electrons. The second-order valence-electron chi connectivity index (χ2n) is 5.50. The van der Waals surface area contributed by atoms with Crippen molar-refractivity contribution in [1.29, 1.82) is 0 Å². The molecular formula is C14H22O2. The van der Waals surface area contributed by atoms with Crippen LogP contribution in [0.2, 0.25) is 0 Å². The highest BCUT2D eigenvalue weighted by Crippen LogP contribution is 2.33. The summed E-state index contributed by atoms with van der Waals surface area (Å²) in [5, 5.41) is 10.1. The molecule has 0 saturated heterocycles. The summed E-state index contributed by atoms with van der Waals surface area (Å²) in [6.07, 6.45) is -0.265. The summed E-state index contributed by atoms with van der Waals surface area (Å²) in [5.41, 5.74) is 0.795. The standard InChI is InChI=1S/C14H22O2/c1-10(2)16-12-8-6-11(7-9-12)13(15)14(3,4)5/h6-10,13,15H,1-5H3. The van der Waals surface area contributed by atoms with Gasteiger partial charge < -0.3 is 9.84 Å². The maximum absolute atomic E-state index is 10.1. The molecule has 0 spiro atoms. The van der Waals surface area contributed by atoms with E-state index >= 15 is 0 Å². The van der Waals surface area contributed by atoms with Crippen molar-refractivity contribution in [2.24, 2.45) is 5.41 Å². The molecule has 0 aliphatic carbocycles. The van der Waals surface area contributed by atoms with Crippen LogP contribution in [0.25, 0.3) is 0 Å². The van der Waals surface area contributed by atoms with Crippen LogP contribution < -0.4 is 4.74 Å². The first kappa shape index (κ1) is 13.0. The van der Waals surface area contributed by atoms with Crippen molar-refractivity contribution in [3.63, 3.8) is 0 Å². The van der Waals surface area contributed by atoms with E-state index in [-0.39, 0.29) is 11.5 Å². The lowest BCUT2D eigenvalue weighted by Gasteiger charge is -2.26. The van der Waals surface area contributed by atoms with Gasteiger partial charge in [-0.1, -0.05) is 32.9 Å². The van der Waals surface area contributed by atoms with Gasteiger partial charge in [-0.2, -0.15) is 0 Å². The second-order valence-corrected chi connectivity index (χ2v) is 5.50. The zero-order valence-electron chi connectivity index (χ0n) is 10.8. The van der Waals surface area contributed by atoms with Gasteiger partial charge in [0.15, 0.2) is 0 Å². The Balaban J connectivity index is 2.79. The molecule has 0 saturated carbocycles. The smallest absolute Gasteiger partial charge is 0.119 e. The molecule has 0 heterocycles. The Morgan fingerprint density at radius 1 is 1.06 bits per heavy atom. The normalized spacial score (nSPS) is 13.9. The van der Waals surface area contributed by atoms with Crippen molar-refractivity contribution < 1.29 is 9.84 Å². The van der Waals surface area contributed by atoms with E-state index in [1.54, 1.807) is 0 Å². The molecule has 1 atom stereocenters. The number of hydrogen-bond donors (Lipinski definition) is 1. The largest absolute Gasteiger partial charge is 0.491 e. The Labute approximate surface area is 98.3 Å². The fourth-order valence-electron chi connectivity index (χ4n) is 1.50. The summed E-state index contributed by atoms with van der Waals surface area (Å²) in [5.74, 6) is 0.847. The van der Waals surface area contributed by atoms with Gasteiger partial charge >= 0.3 is 0 Å². The van der Waals surface area contributed by atoms with E-state index in [9.17, 15) is 5.11 Å². The number of aliphatic hydroxyl groups excluding tert-OH is 1. The third kappa shape index (κ3) is 3.53. The van der Waals surface area contributed by atoms with Gasteiger partial charge in [0.2, 0.25) is 0 Å². The zero-order chi connectivity index (χ0) is 12.3. The molecule has 0 bridgehead atoms. The quantitative estimate of drug-likeness (QED) is 0.847. The van der Waals surface area contributed by atoms with Crippen LogP contribution in [0.4, 0.5) is 0 Å². The van der Waals surface area contributed by atoms with Gasteiger partial charge in [-0.25, -0.2) is 0 Å². The highest BCUT2D eigenvalue weighted by molar-refractivity contribution is 5.29. The molecule has 1 unspecified atom stereocenters. The molecule has 0 aliphatic heterocycles. The summed E-state index contributed by atoms with van der Waals surface area (Å²) < 4.78 is 5.55. The lowest BCUT2D eigenvalue weighted by molar-refractivity contribution is 0.0626. The Morgan fingerprint density at radius 2 is 1.56 bits per heavy atom. The summed E-state index contributed by atoms with van der Waals surface area (Å²) in [6, 6.07) is 7.66. The van der Waals surface area contributed by atoms with E-state index < -0.39 is 6.10 Å². The van der Waals surface area contributed by atoms with Crippen LogP contribution in [0.5, 0.6) is 5.75 Å². The van der Waals surface area contributed by atoms with E-state index in [1.165, 1.54) is 0 Å². The second kappa shape index (κ2) is 4.88. The van der Waals surface area contributed by atoms with Crippen LogP contribution in [-0.2, 0) is 0 Å². The maximum atomic E-state index is 10.1. The fraction of sp³-hybridized carbons (Fsp3) is 0.571. The third-order valence-electron chi connectivity index (χ3n) is 2.39. The summed E-state index contributed by atoms with van der Waals surface area (Å²) in [6.45, 7) is 10.1. The Hall–Kier alpha value is -1.02. The molecule has 0 amide bonds. The van der Waals surface area contributed by atoms with E-state index in [0.717, 1.165) is 11.3 Å². The Bertz CT molecular complexity index is 320. The average Bonchev–Trinajstić information content (AvgIpc) is 2.15. The summed E-state index contributed by atoms with van der Waals surface area (Å²) >= 11 is 0. The van der Waals surface area contributed by atoms with Crippen molar-refractivity contribution >= 4 is 0 Å². The Kier molecular flexibility index (Phi) is 3.98. The highest BCUT2D eigenvalue weighted by Gasteiger charge is 2.23. The zero-order valence-corrected chi connectivity index (χ0v) is 10.8. The molecule has 2 nitrogen and oxygen atoms in total. The molecule has 1 N–H and O–H groups in total. The number of benzene rings is 1. The first-order valence-corrected chi connectivity index (χ1v) is 5.75. The van der Waals surface area contributed by atoms with Gasteiger partial charge in [-0.15, -0.1) is 0 Å². The highest BCUT2D eigenvalue weighted by atomic mass is 16.5. The first-order chi connectivity index (χ1) is 7.30. The monoisotopic (exact) mass is 222 g/mol. The SMILES string of the molecule is CC(C)Oc1ccc(C(O)C(C)(C)C)cc1. The molecule has 0 fully saturated rings. The van der Waals surface area contributed by atoms with Crippen molar-refractivity contribution in [3.8, 4) is 5.75 Å². The van der Waals surface area contributed by atoms with Crippen LogP contribution in [0, 0.1) is 5.41 Å². The van der Waals surface area contributed by atoms with Gasteiger partial charge in [0.05, 0.1) is 12.2 Å².